The molecule has 0 saturated carbocycles. The van der Waals surface area contributed by atoms with Crippen molar-refractivity contribution in [1.29, 1.82) is 0 Å². The maximum atomic E-state index is 6.04. The molecule has 0 unspecified atom stereocenters. The summed E-state index contributed by atoms with van der Waals surface area (Å²) < 4.78 is 1.75. The van der Waals surface area contributed by atoms with Gasteiger partial charge in [0.1, 0.15) is 5.82 Å². The first kappa shape index (κ1) is 14.6. The van der Waals surface area contributed by atoms with E-state index in [1.807, 2.05) is 6.07 Å². The van der Waals surface area contributed by atoms with Crippen LogP contribution in [0.4, 0.5) is 11.5 Å². The summed E-state index contributed by atoms with van der Waals surface area (Å²) in [6.07, 6.45) is 2.32. The molecule has 0 aromatic carbocycles. The van der Waals surface area contributed by atoms with Crippen LogP contribution in [0.3, 0.4) is 0 Å². The molecule has 0 aliphatic carbocycles. The highest BCUT2D eigenvalue weighted by Gasteiger charge is 2.14. The van der Waals surface area contributed by atoms with Gasteiger partial charge in [0.05, 0.1) is 5.69 Å². The first-order chi connectivity index (χ1) is 9.56. The Labute approximate surface area is 119 Å². The minimum atomic E-state index is 0.256. The Kier molecular flexibility index (Phi) is 4.42. The molecule has 0 fully saturated rings. The molecular weight excluding hydrogens is 252 g/mol. The number of nitrogens with two attached hydrogens (primary N) is 1. The zero-order chi connectivity index (χ0) is 14.7. The van der Waals surface area contributed by atoms with Gasteiger partial charge in [0.2, 0.25) is 5.65 Å². The lowest BCUT2D eigenvalue weighted by atomic mass is 10.0. The molecule has 0 aliphatic heterocycles. The summed E-state index contributed by atoms with van der Waals surface area (Å²) in [7, 11) is 0. The monoisotopic (exact) mass is 276 g/mol. The van der Waals surface area contributed by atoms with Crippen LogP contribution in [0, 0.1) is 5.92 Å². The highest BCUT2D eigenvalue weighted by molar-refractivity contribution is 5.67. The molecule has 2 rings (SSSR count). The predicted octanol–water partition coefficient (Wildman–Crippen LogP) is 2.68. The minimum absolute atomic E-state index is 0.256. The van der Waals surface area contributed by atoms with Crippen LogP contribution in [0.25, 0.3) is 5.65 Å². The predicted molar refractivity (Wildman–Crippen MR) is 81.8 cm³/mol. The standard InChI is InChI=1S/C14H24N6/c1-5-10(6-2)8-16-12-7-11(15)14-18-17-13(9(3)4)20(14)19-12/h7,9-10H,5-6,8,15H2,1-4H3,(H,16,19). The Morgan fingerprint density at radius 3 is 2.55 bits per heavy atom. The van der Waals surface area contributed by atoms with Crippen molar-refractivity contribution in [3.05, 3.63) is 11.9 Å². The van der Waals surface area contributed by atoms with Gasteiger partial charge in [0.15, 0.2) is 5.82 Å². The van der Waals surface area contributed by atoms with E-state index in [-0.39, 0.29) is 5.92 Å². The zero-order valence-corrected chi connectivity index (χ0v) is 12.7. The number of nitrogens with zero attached hydrogens (tertiary/aromatic N) is 4. The van der Waals surface area contributed by atoms with Gasteiger partial charge in [0.25, 0.3) is 0 Å². The van der Waals surface area contributed by atoms with E-state index in [2.05, 4.69) is 48.3 Å². The number of anilines is 2. The van der Waals surface area contributed by atoms with Crippen molar-refractivity contribution in [3.63, 3.8) is 0 Å². The first-order valence-corrected chi connectivity index (χ1v) is 7.32. The quantitative estimate of drug-likeness (QED) is 0.847. The Morgan fingerprint density at radius 1 is 1.25 bits per heavy atom. The van der Waals surface area contributed by atoms with Crippen LogP contribution in [0.2, 0.25) is 0 Å². The molecule has 0 bridgehead atoms. The van der Waals surface area contributed by atoms with Gasteiger partial charge in [0, 0.05) is 18.5 Å². The highest BCUT2D eigenvalue weighted by Crippen LogP contribution is 2.20. The van der Waals surface area contributed by atoms with Crippen molar-refractivity contribution in [2.24, 2.45) is 5.92 Å². The van der Waals surface area contributed by atoms with Gasteiger partial charge in [-0.2, -0.15) is 4.52 Å². The lowest BCUT2D eigenvalue weighted by Gasteiger charge is -2.14. The number of aromatic nitrogens is 4. The van der Waals surface area contributed by atoms with Crippen molar-refractivity contribution in [1.82, 2.24) is 19.8 Å². The van der Waals surface area contributed by atoms with Crippen LogP contribution in [0.15, 0.2) is 6.07 Å². The smallest absolute Gasteiger partial charge is 0.200 e. The summed E-state index contributed by atoms with van der Waals surface area (Å²) in [6, 6.07) is 1.83. The van der Waals surface area contributed by atoms with Crippen molar-refractivity contribution >= 4 is 17.2 Å². The summed E-state index contributed by atoms with van der Waals surface area (Å²) in [5.74, 6) is 2.52. The minimum Gasteiger partial charge on any atom is -0.396 e. The van der Waals surface area contributed by atoms with Crippen LogP contribution < -0.4 is 11.1 Å². The third-order valence-electron chi connectivity index (χ3n) is 3.67. The Hall–Kier alpha value is -1.85. The summed E-state index contributed by atoms with van der Waals surface area (Å²) in [5, 5.41) is 16.2. The third kappa shape index (κ3) is 2.84. The number of nitrogen functional groups attached to an aromatic ring is 1. The van der Waals surface area contributed by atoms with E-state index < -0.39 is 0 Å². The summed E-state index contributed by atoms with van der Waals surface area (Å²) in [4.78, 5) is 0. The fraction of sp³-hybridized carbons (Fsp3) is 0.643. The SMILES string of the molecule is CCC(CC)CNc1cc(N)c2nnc(C(C)C)n2n1. The van der Waals surface area contributed by atoms with Crippen LogP contribution in [-0.4, -0.2) is 26.4 Å². The van der Waals surface area contributed by atoms with Crippen molar-refractivity contribution in [2.75, 3.05) is 17.6 Å². The van der Waals surface area contributed by atoms with Crippen LogP contribution in [-0.2, 0) is 0 Å². The van der Waals surface area contributed by atoms with Gasteiger partial charge in [-0.3, -0.25) is 0 Å². The molecule has 6 nitrogen and oxygen atoms in total. The Balaban J connectivity index is 2.28. The van der Waals surface area contributed by atoms with E-state index >= 15 is 0 Å². The molecule has 6 heteroatoms. The van der Waals surface area contributed by atoms with Gasteiger partial charge in [-0.1, -0.05) is 40.5 Å². The van der Waals surface area contributed by atoms with Crippen molar-refractivity contribution in [2.45, 2.75) is 46.5 Å². The molecule has 0 amide bonds. The molecule has 110 valence electrons. The fourth-order valence-corrected chi connectivity index (χ4v) is 2.19. The van der Waals surface area contributed by atoms with E-state index in [0.29, 0.717) is 17.3 Å². The molecule has 0 aliphatic rings. The summed E-state index contributed by atoms with van der Waals surface area (Å²) in [6.45, 7) is 9.45. The third-order valence-corrected chi connectivity index (χ3v) is 3.67. The number of hydrogen-bond donors (Lipinski definition) is 2. The van der Waals surface area contributed by atoms with Crippen LogP contribution in [0.5, 0.6) is 0 Å². The highest BCUT2D eigenvalue weighted by atomic mass is 15.4. The number of fused-ring (bicyclic) bond motifs is 1. The van der Waals surface area contributed by atoms with Gasteiger partial charge in [-0.25, -0.2) is 0 Å². The molecule has 0 atom stereocenters. The first-order valence-electron chi connectivity index (χ1n) is 7.32. The summed E-state index contributed by atoms with van der Waals surface area (Å²) >= 11 is 0. The molecule has 0 spiro atoms. The molecule has 3 N–H and O–H groups in total. The molecule has 20 heavy (non-hydrogen) atoms. The van der Waals surface area contributed by atoms with E-state index in [1.54, 1.807) is 4.52 Å². The lowest BCUT2D eigenvalue weighted by molar-refractivity contribution is 0.518. The maximum Gasteiger partial charge on any atom is 0.200 e. The summed E-state index contributed by atoms with van der Waals surface area (Å²) in [5.41, 5.74) is 7.27. The second kappa shape index (κ2) is 6.07. The molecule has 2 heterocycles. The molecular formula is C14H24N6. The van der Waals surface area contributed by atoms with E-state index in [1.165, 1.54) is 0 Å². The molecule has 2 aromatic rings. The number of nitrogens with one attached hydrogen (secondary N) is 1. The average molecular weight is 276 g/mol. The maximum absolute atomic E-state index is 6.04. The second-order valence-corrected chi connectivity index (χ2v) is 5.50. The van der Waals surface area contributed by atoms with Crippen molar-refractivity contribution < 1.29 is 0 Å². The van der Waals surface area contributed by atoms with Crippen LogP contribution >= 0.6 is 0 Å². The largest absolute Gasteiger partial charge is 0.396 e. The van der Waals surface area contributed by atoms with Gasteiger partial charge >= 0.3 is 0 Å². The van der Waals surface area contributed by atoms with E-state index in [4.69, 9.17) is 5.73 Å². The van der Waals surface area contributed by atoms with E-state index in [0.717, 1.165) is 31.0 Å². The molecule has 2 aromatic heterocycles. The van der Waals surface area contributed by atoms with E-state index in [9.17, 15) is 0 Å². The van der Waals surface area contributed by atoms with Crippen molar-refractivity contribution in [3.8, 4) is 0 Å². The topological polar surface area (TPSA) is 81.1 Å². The van der Waals surface area contributed by atoms with Gasteiger partial charge in [-0.15, -0.1) is 15.3 Å². The Morgan fingerprint density at radius 2 is 1.95 bits per heavy atom. The van der Waals surface area contributed by atoms with Gasteiger partial charge < -0.3 is 11.1 Å². The number of rotatable bonds is 6. The second-order valence-electron chi connectivity index (χ2n) is 5.50. The lowest BCUT2D eigenvalue weighted by Crippen LogP contribution is -2.15. The number of hydrogen-bond acceptors (Lipinski definition) is 5. The normalized spacial score (nSPS) is 11.7. The van der Waals surface area contributed by atoms with Gasteiger partial charge in [-0.05, 0) is 5.92 Å². The molecule has 0 saturated heterocycles. The fourth-order valence-electron chi connectivity index (χ4n) is 2.19. The average Bonchev–Trinajstić information content (AvgIpc) is 2.84. The van der Waals surface area contributed by atoms with Crippen LogP contribution in [0.1, 0.15) is 52.3 Å². The zero-order valence-electron chi connectivity index (χ0n) is 12.7. The Bertz CT molecular complexity index is 570. The molecule has 0 radical (unpaired) electrons.